The number of hydrogen-bond acceptors (Lipinski definition) is 3. The van der Waals surface area contributed by atoms with E-state index in [-0.39, 0.29) is 12.6 Å². The summed E-state index contributed by atoms with van der Waals surface area (Å²) in [6, 6.07) is 1.62. The SMILES string of the molecule is CCCNCc1coc(CN(CC(F)(F)F)C(C)C)c1. The first-order chi connectivity index (χ1) is 9.31. The van der Waals surface area contributed by atoms with E-state index in [0.29, 0.717) is 12.3 Å². The third kappa shape index (κ3) is 6.43. The van der Waals surface area contributed by atoms with Crippen molar-refractivity contribution in [1.29, 1.82) is 0 Å². The van der Waals surface area contributed by atoms with Crippen LogP contribution in [-0.2, 0) is 13.1 Å². The molecule has 0 bridgehead atoms. The highest BCUT2D eigenvalue weighted by Gasteiger charge is 2.32. The lowest BCUT2D eigenvalue weighted by Crippen LogP contribution is -2.38. The lowest BCUT2D eigenvalue weighted by atomic mass is 10.2. The Morgan fingerprint density at radius 3 is 2.60 bits per heavy atom. The maximum atomic E-state index is 12.5. The molecule has 0 unspecified atom stereocenters. The van der Waals surface area contributed by atoms with Crippen LogP contribution in [0.4, 0.5) is 13.2 Å². The quantitative estimate of drug-likeness (QED) is 0.743. The summed E-state index contributed by atoms with van der Waals surface area (Å²) in [5, 5.41) is 3.23. The summed E-state index contributed by atoms with van der Waals surface area (Å²) in [5.41, 5.74) is 0.962. The highest BCUT2D eigenvalue weighted by molar-refractivity contribution is 5.12. The molecule has 0 aliphatic heterocycles. The summed E-state index contributed by atoms with van der Waals surface area (Å²) in [7, 11) is 0. The first-order valence-electron chi connectivity index (χ1n) is 6.89. The molecule has 20 heavy (non-hydrogen) atoms. The molecule has 0 atom stereocenters. The number of nitrogens with one attached hydrogen (secondary N) is 1. The van der Waals surface area contributed by atoms with Gasteiger partial charge < -0.3 is 9.73 Å². The highest BCUT2D eigenvalue weighted by atomic mass is 19.4. The van der Waals surface area contributed by atoms with E-state index in [9.17, 15) is 13.2 Å². The van der Waals surface area contributed by atoms with Crippen LogP contribution in [0.5, 0.6) is 0 Å². The summed E-state index contributed by atoms with van der Waals surface area (Å²) < 4.78 is 42.8. The van der Waals surface area contributed by atoms with Crippen molar-refractivity contribution in [3.8, 4) is 0 Å². The van der Waals surface area contributed by atoms with Crippen LogP contribution in [0.25, 0.3) is 0 Å². The second-order valence-electron chi connectivity index (χ2n) is 5.21. The average molecular weight is 292 g/mol. The number of alkyl halides is 3. The Hall–Kier alpha value is -1.01. The van der Waals surface area contributed by atoms with E-state index in [1.807, 2.05) is 6.07 Å². The number of furan rings is 1. The maximum Gasteiger partial charge on any atom is 0.401 e. The van der Waals surface area contributed by atoms with Gasteiger partial charge in [-0.1, -0.05) is 6.92 Å². The highest BCUT2D eigenvalue weighted by Crippen LogP contribution is 2.20. The predicted octanol–water partition coefficient (Wildman–Crippen LogP) is 3.55. The summed E-state index contributed by atoms with van der Waals surface area (Å²) in [4.78, 5) is 1.35. The second-order valence-corrected chi connectivity index (χ2v) is 5.21. The average Bonchev–Trinajstić information content (AvgIpc) is 2.74. The Kier molecular flexibility index (Phi) is 6.55. The van der Waals surface area contributed by atoms with E-state index < -0.39 is 12.7 Å². The number of nitrogens with zero attached hydrogens (tertiary/aromatic N) is 1. The monoisotopic (exact) mass is 292 g/mol. The summed E-state index contributed by atoms with van der Waals surface area (Å²) in [6.07, 6.45) is -1.55. The minimum Gasteiger partial charge on any atom is -0.468 e. The molecule has 0 fully saturated rings. The first kappa shape index (κ1) is 17.0. The van der Waals surface area contributed by atoms with Crippen LogP contribution in [0.1, 0.15) is 38.5 Å². The summed E-state index contributed by atoms with van der Waals surface area (Å²) in [5.74, 6) is 0.566. The Balaban J connectivity index is 2.56. The molecule has 1 aromatic rings. The van der Waals surface area contributed by atoms with Gasteiger partial charge in [0.05, 0.1) is 19.4 Å². The van der Waals surface area contributed by atoms with Crippen LogP contribution in [0.2, 0.25) is 0 Å². The Morgan fingerprint density at radius 1 is 1.35 bits per heavy atom. The van der Waals surface area contributed by atoms with Crippen LogP contribution in [0.15, 0.2) is 16.7 Å². The lowest BCUT2D eigenvalue weighted by Gasteiger charge is -2.26. The zero-order valence-electron chi connectivity index (χ0n) is 12.3. The van der Waals surface area contributed by atoms with Gasteiger partial charge in [-0.25, -0.2) is 0 Å². The topological polar surface area (TPSA) is 28.4 Å². The second kappa shape index (κ2) is 7.69. The molecule has 1 rings (SSSR count). The first-order valence-corrected chi connectivity index (χ1v) is 6.89. The third-order valence-electron chi connectivity index (χ3n) is 2.94. The molecule has 0 aliphatic rings. The van der Waals surface area contributed by atoms with Crippen LogP contribution >= 0.6 is 0 Å². The fourth-order valence-electron chi connectivity index (χ4n) is 1.86. The van der Waals surface area contributed by atoms with Gasteiger partial charge in [-0.3, -0.25) is 4.90 Å². The van der Waals surface area contributed by atoms with Crippen molar-refractivity contribution in [1.82, 2.24) is 10.2 Å². The van der Waals surface area contributed by atoms with E-state index in [1.54, 1.807) is 20.1 Å². The smallest absolute Gasteiger partial charge is 0.401 e. The number of rotatable bonds is 8. The molecule has 3 nitrogen and oxygen atoms in total. The molecule has 0 radical (unpaired) electrons. The molecule has 0 aromatic carbocycles. The van der Waals surface area contributed by atoms with E-state index in [2.05, 4.69) is 12.2 Å². The van der Waals surface area contributed by atoms with E-state index in [0.717, 1.165) is 18.5 Å². The molecule has 6 heteroatoms. The van der Waals surface area contributed by atoms with Crippen molar-refractivity contribution >= 4 is 0 Å². The minimum atomic E-state index is -4.19. The van der Waals surface area contributed by atoms with Gasteiger partial charge in [0, 0.05) is 18.2 Å². The zero-order chi connectivity index (χ0) is 15.2. The van der Waals surface area contributed by atoms with Gasteiger partial charge in [0.25, 0.3) is 0 Å². The zero-order valence-corrected chi connectivity index (χ0v) is 12.3. The van der Waals surface area contributed by atoms with Gasteiger partial charge >= 0.3 is 6.18 Å². The molecular weight excluding hydrogens is 269 g/mol. The number of halogens is 3. The normalized spacial score (nSPS) is 12.6. The van der Waals surface area contributed by atoms with Gasteiger partial charge in [0.15, 0.2) is 0 Å². The molecule has 1 aromatic heterocycles. The van der Waals surface area contributed by atoms with Crippen molar-refractivity contribution in [2.45, 2.75) is 52.5 Å². The van der Waals surface area contributed by atoms with Crippen LogP contribution in [-0.4, -0.2) is 30.2 Å². The Bertz CT molecular complexity index is 388. The minimum absolute atomic E-state index is 0.172. The van der Waals surface area contributed by atoms with Gasteiger partial charge in [-0.15, -0.1) is 0 Å². The van der Waals surface area contributed by atoms with Crippen LogP contribution in [0, 0.1) is 0 Å². The molecule has 0 spiro atoms. The molecule has 0 aliphatic carbocycles. The molecule has 116 valence electrons. The van der Waals surface area contributed by atoms with Crippen LogP contribution in [0.3, 0.4) is 0 Å². The van der Waals surface area contributed by atoms with E-state index in [4.69, 9.17) is 4.42 Å². The predicted molar refractivity (Wildman–Crippen MR) is 72.3 cm³/mol. The standard InChI is InChI=1S/C14H23F3N2O/c1-4-5-18-7-12-6-13(20-9-12)8-19(11(2)3)10-14(15,16)17/h6,9,11,18H,4-5,7-8,10H2,1-3H3. The largest absolute Gasteiger partial charge is 0.468 e. The van der Waals surface area contributed by atoms with Gasteiger partial charge in [0.1, 0.15) is 5.76 Å². The van der Waals surface area contributed by atoms with Crippen molar-refractivity contribution < 1.29 is 17.6 Å². The van der Waals surface area contributed by atoms with Crippen molar-refractivity contribution in [3.05, 3.63) is 23.7 Å². The fourth-order valence-corrected chi connectivity index (χ4v) is 1.86. The van der Waals surface area contributed by atoms with Gasteiger partial charge in [-0.2, -0.15) is 13.2 Å². The van der Waals surface area contributed by atoms with Crippen molar-refractivity contribution in [2.24, 2.45) is 0 Å². The molecule has 0 amide bonds. The summed E-state index contributed by atoms with van der Waals surface area (Å²) >= 11 is 0. The molecular formula is C14H23F3N2O. The van der Waals surface area contributed by atoms with E-state index in [1.165, 1.54) is 4.90 Å². The van der Waals surface area contributed by atoms with Crippen molar-refractivity contribution in [2.75, 3.05) is 13.1 Å². The lowest BCUT2D eigenvalue weighted by molar-refractivity contribution is -0.151. The molecule has 1 heterocycles. The van der Waals surface area contributed by atoms with E-state index >= 15 is 0 Å². The number of hydrogen-bond donors (Lipinski definition) is 1. The summed E-state index contributed by atoms with van der Waals surface area (Å²) in [6.45, 7) is 6.41. The third-order valence-corrected chi connectivity index (χ3v) is 2.94. The fraction of sp³-hybridized carbons (Fsp3) is 0.714. The van der Waals surface area contributed by atoms with Crippen LogP contribution < -0.4 is 5.32 Å². The Labute approximate surface area is 118 Å². The van der Waals surface area contributed by atoms with Gasteiger partial charge in [-0.05, 0) is 32.9 Å². The maximum absolute atomic E-state index is 12.5. The molecule has 0 saturated carbocycles. The Morgan fingerprint density at radius 2 is 2.05 bits per heavy atom. The molecule has 1 N–H and O–H groups in total. The molecule has 0 saturated heterocycles. The van der Waals surface area contributed by atoms with Crippen molar-refractivity contribution in [3.63, 3.8) is 0 Å². The van der Waals surface area contributed by atoms with Gasteiger partial charge in [0.2, 0.25) is 0 Å².